The molecule has 192 valence electrons. The minimum Gasteiger partial charge on any atom is -0.466 e. The van der Waals surface area contributed by atoms with Crippen LogP contribution in [0.3, 0.4) is 0 Å². The Balaban J connectivity index is 0.000000340. The van der Waals surface area contributed by atoms with Gasteiger partial charge in [-0.15, -0.1) is 6.58 Å². The number of aldehydes is 1. The number of carbonyl (C=O) groups is 5. The van der Waals surface area contributed by atoms with Crippen LogP contribution in [0.4, 0.5) is 0 Å². The molecule has 4 atom stereocenters. The first-order valence-electron chi connectivity index (χ1n) is 12.5. The van der Waals surface area contributed by atoms with Crippen molar-refractivity contribution in [3.8, 4) is 0 Å². The van der Waals surface area contributed by atoms with Crippen molar-refractivity contribution in [2.75, 3.05) is 13.2 Å². The van der Waals surface area contributed by atoms with Gasteiger partial charge in [-0.05, 0) is 72.6 Å². The maximum atomic E-state index is 12.1. The fourth-order valence-corrected chi connectivity index (χ4v) is 5.33. The molecular weight excluding hydrogens is 436 g/mol. The number of rotatable bonds is 10. The van der Waals surface area contributed by atoms with Gasteiger partial charge in [-0.1, -0.05) is 18.9 Å². The summed E-state index contributed by atoms with van der Waals surface area (Å²) in [5.74, 6) is -0.295. The molecule has 2 unspecified atom stereocenters. The standard InChI is InChI=1S/C14H22O3.C13H20O4/c1-4-8-14(13(16)17-5-2)9-6-7-12(10-14)11(3)15;1-3-17-12(16)13(7-8-14)6-4-5-11(9-13)10(2)15/h4,12H,1,5-10H2,2-3H3;8,11H,3-7,9H2,1-2H3/t;11-,13+/m.1/s1. The molecule has 0 bridgehead atoms. The van der Waals surface area contributed by atoms with Crippen LogP contribution in [0.2, 0.25) is 0 Å². The fraction of sp³-hybridized carbons (Fsp3) is 0.741. The predicted octanol–water partition coefficient (Wildman–Crippen LogP) is 4.80. The lowest BCUT2D eigenvalue weighted by Gasteiger charge is -2.37. The fourth-order valence-electron chi connectivity index (χ4n) is 5.33. The molecule has 2 aliphatic carbocycles. The van der Waals surface area contributed by atoms with E-state index in [1.807, 2.05) is 6.92 Å². The third-order valence-electron chi connectivity index (χ3n) is 7.27. The molecule has 7 heteroatoms. The number of hydrogen-bond donors (Lipinski definition) is 0. The second-order valence-electron chi connectivity index (χ2n) is 9.67. The molecule has 2 aliphatic rings. The molecule has 0 aromatic rings. The van der Waals surface area contributed by atoms with Crippen LogP contribution < -0.4 is 0 Å². The smallest absolute Gasteiger partial charge is 0.312 e. The molecule has 2 fully saturated rings. The van der Waals surface area contributed by atoms with Crippen molar-refractivity contribution in [1.29, 1.82) is 0 Å². The number of allylic oxidation sites excluding steroid dienone is 1. The summed E-state index contributed by atoms with van der Waals surface area (Å²) < 4.78 is 10.2. The number of Topliss-reactive ketones (excluding diaryl/α,β-unsaturated/α-hetero) is 2. The van der Waals surface area contributed by atoms with Crippen molar-refractivity contribution < 1.29 is 33.4 Å². The summed E-state index contributed by atoms with van der Waals surface area (Å²) in [5, 5.41) is 0. The molecule has 34 heavy (non-hydrogen) atoms. The highest BCUT2D eigenvalue weighted by atomic mass is 16.5. The second-order valence-corrected chi connectivity index (χ2v) is 9.67. The molecule has 2 saturated carbocycles. The van der Waals surface area contributed by atoms with E-state index in [1.54, 1.807) is 26.8 Å². The van der Waals surface area contributed by atoms with E-state index in [0.29, 0.717) is 38.9 Å². The molecule has 0 radical (unpaired) electrons. The molecule has 7 nitrogen and oxygen atoms in total. The van der Waals surface area contributed by atoms with E-state index in [9.17, 15) is 24.0 Å². The zero-order chi connectivity index (χ0) is 25.8. The second kappa shape index (κ2) is 14.2. The van der Waals surface area contributed by atoms with Crippen LogP contribution in [0.1, 0.15) is 91.9 Å². The van der Waals surface area contributed by atoms with Crippen LogP contribution >= 0.6 is 0 Å². The zero-order valence-electron chi connectivity index (χ0n) is 21.4. The number of carbonyl (C=O) groups excluding carboxylic acids is 5. The van der Waals surface area contributed by atoms with Crippen molar-refractivity contribution >= 4 is 29.8 Å². The molecule has 0 spiro atoms. The molecule has 0 amide bonds. The van der Waals surface area contributed by atoms with E-state index < -0.39 is 10.8 Å². The van der Waals surface area contributed by atoms with Gasteiger partial charge in [0.25, 0.3) is 0 Å². The Labute approximate surface area is 204 Å². The summed E-state index contributed by atoms with van der Waals surface area (Å²) >= 11 is 0. The summed E-state index contributed by atoms with van der Waals surface area (Å²) in [6.07, 6.45) is 9.25. The number of hydrogen-bond acceptors (Lipinski definition) is 7. The van der Waals surface area contributed by atoms with Crippen molar-refractivity contribution in [3.05, 3.63) is 12.7 Å². The summed E-state index contributed by atoms with van der Waals surface area (Å²) in [5.41, 5.74) is -1.27. The summed E-state index contributed by atoms with van der Waals surface area (Å²) in [7, 11) is 0. The van der Waals surface area contributed by atoms with Gasteiger partial charge in [0.05, 0.1) is 24.0 Å². The average molecular weight is 479 g/mol. The van der Waals surface area contributed by atoms with E-state index in [1.165, 1.54) is 0 Å². The van der Waals surface area contributed by atoms with Crippen molar-refractivity contribution in [2.24, 2.45) is 22.7 Å². The summed E-state index contributed by atoms with van der Waals surface area (Å²) in [6.45, 7) is 11.1. The molecule has 2 rings (SSSR count). The highest BCUT2D eigenvalue weighted by molar-refractivity contribution is 5.84. The van der Waals surface area contributed by atoms with Crippen molar-refractivity contribution in [3.63, 3.8) is 0 Å². The predicted molar refractivity (Wildman–Crippen MR) is 129 cm³/mol. The molecule has 0 aromatic carbocycles. The van der Waals surface area contributed by atoms with Crippen LogP contribution in [0.25, 0.3) is 0 Å². The molecule has 0 aliphatic heterocycles. The zero-order valence-corrected chi connectivity index (χ0v) is 21.4. The van der Waals surface area contributed by atoms with Gasteiger partial charge >= 0.3 is 11.9 Å². The Morgan fingerprint density at radius 3 is 1.56 bits per heavy atom. The van der Waals surface area contributed by atoms with Gasteiger partial charge in [0, 0.05) is 18.3 Å². The lowest BCUT2D eigenvalue weighted by molar-refractivity contribution is -0.161. The highest BCUT2D eigenvalue weighted by Crippen LogP contribution is 2.44. The molecular formula is C27H42O7. The topological polar surface area (TPSA) is 104 Å². The lowest BCUT2D eigenvalue weighted by atomic mass is 9.67. The maximum Gasteiger partial charge on any atom is 0.312 e. The van der Waals surface area contributed by atoms with Gasteiger partial charge in [0.2, 0.25) is 0 Å². The lowest BCUT2D eigenvalue weighted by Crippen LogP contribution is -2.39. The van der Waals surface area contributed by atoms with Gasteiger partial charge < -0.3 is 14.3 Å². The summed E-state index contributed by atoms with van der Waals surface area (Å²) in [4.78, 5) is 57.8. The first-order chi connectivity index (χ1) is 16.1. The Bertz CT molecular complexity index is 681. The largest absolute Gasteiger partial charge is 0.466 e. The van der Waals surface area contributed by atoms with Crippen molar-refractivity contribution in [2.45, 2.75) is 91.9 Å². The van der Waals surface area contributed by atoms with Gasteiger partial charge in [0.15, 0.2) is 0 Å². The Morgan fingerprint density at radius 1 is 0.824 bits per heavy atom. The Kier molecular flexibility index (Phi) is 12.4. The number of ketones is 2. The molecule has 0 saturated heterocycles. The van der Waals surface area contributed by atoms with Crippen LogP contribution in [0, 0.1) is 22.7 Å². The monoisotopic (exact) mass is 478 g/mol. The van der Waals surface area contributed by atoms with E-state index in [0.717, 1.165) is 38.4 Å². The molecule has 0 heterocycles. The van der Waals surface area contributed by atoms with Crippen LogP contribution in [-0.2, 0) is 33.4 Å². The van der Waals surface area contributed by atoms with Crippen molar-refractivity contribution in [1.82, 2.24) is 0 Å². The van der Waals surface area contributed by atoms with Crippen LogP contribution in [0.15, 0.2) is 12.7 Å². The van der Waals surface area contributed by atoms with Gasteiger partial charge in [-0.2, -0.15) is 0 Å². The maximum absolute atomic E-state index is 12.1. The van der Waals surface area contributed by atoms with Crippen LogP contribution in [0.5, 0.6) is 0 Å². The minimum absolute atomic E-state index is 0.00751. The SMILES string of the molecule is C=CCC1(C(=O)OCC)CCCC(C(C)=O)C1.CCOC(=O)[C@]1(CC=O)CCC[C@@H](C(C)=O)C1. The van der Waals surface area contributed by atoms with Gasteiger partial charge in [-0.3, -0.25) is 19.2 Å². The Hall–Kier alpha value is -2.31. The third kappa shape index (κ3) is 7.88. The van der Waals surface area contributed by atoms with Gasteiger partial charge in [0.1, 0.15) is 17.9 Å². The normalized spacial score (nSPS) is 28.5. The first kappa shape index (κ1) is 29.7. The van der Waals surface area contributed by atoms with E-state index in [4.69, 9.17) is 9.47 Å². The Morgan fingerprint density at radius 2 is 1.24 bits per heavy atom. The average Bonchev–Trinajstić information content (AvgIpc) is 2.80. The van der Waals surface area contributed by atoms with Crippen LogP contribution in [-0.4, -0.2) is 43.0 Å². The number of esters is 2. The summed E-state index contributed by atoms with van der Waals surface area (Å²) in [6, 6.07) is 0. The molecule has 0 aromatic heterocycles. The van der Waals surface area contributed by atoms with E-state index in [2.05, 4.69) is 6.58 Å². The van der Waals surface area contributed by atoms with E-state index in [-0.39, 0.29) is 41.8 Å². The minimum atomic E-state index is -0.758. The quantitative estimate of drug-likeness (QED) is 0.252. The third-order valence-corrected chi connectivity index (χ3v) is 7.27. The molecule has 0 N–H and O–H groups in total. The number of ether oxygens (including phenoxy) is 2. The van der Waals surface area contributed by atoms with E-state index >= 15 is 0 Å². The first-order valence-corrected chi connectivity index (χ1v) is 12.5. The highest BCUT2D eigenvalue weighted by Gasteiger charge is 2.45. The van der Waals surface area contributed by atoms with Gasteiger partial charge in [-0.25, -0.2) is 0 Å².